The maximum Gasteiger partial charge on any atom is 0.120 e. The normalized spacial score (nSPS) is 12.8. The number of nitrogens with one attached hydrogen (secondary N) is 1. The number of ether oxygens (including phenoxy) is 2. The van der Waals surface area contributed by atoms with Gasteiger partial charge in [0, 0.05) is 6.54 Å². The third-order valence-electron chi connectivity index (χ3n) is 3.06. The minimum absolute atomic E-state index is 0.187. The molecule has 1 N–H and O–H groups in total. The Morgan fingerprint density at radius 1 is 0.950 bits per heavy atom. The first kappa shape index (κ1) is 16.8. The molecule has 0 amide bonds. The molecule has 1 unspecified atom stereocenters. The van der Waals surface area contributed by atoms with Crippen LogP contribution in [0.3, 0.4) is 0 Å². The average Bonchev–Trinajstić information content (AvgIpc) is 2.39. The Morgan fingerprint density at radius 2 is 1.55 bits per heavy atom. The summed E-state index contributed by atoms with van der Waals surface area (Å²) in [6.07, 6.45) is 0.187. The fourth-order valence-electron chi connectivity index (χ4n) is 1.88. The molecule has 0 fully saturated rings. The predicted molar refractivity (Wildman–Crippen MR) is 84.6 cm³/mol. The van der Waals surface area contributed by atoms with Crippen LogP contribution in [0.1, 0.15) is 34.6 Å². The highest BCUT2D eigenvalue weighted by Crippen LogP contribution is 2.20. The fourth-order valence-corrected chi connectivity index (χ4v) is 1.88. The monoisotopic (exact) mass is 279 g/mol. The van der Waals surface area contributed by atoms with Crippen LogP contribution < -0.4 is 14.8 Å². The van der Waals surface area contributed by atoms with Crippen molar-refractivity contribution >= 4 is 0 Å². The van der Waals surface area contributed by atoms with E-state index in [1.165, 1.54) is 0 Å². The van der Waals surface area contributed by atoms with Crippen LogP contribution in [0.4, 0.5) is 0 Å². The van der Waals surface area contributed by atoms with Gasteiger partial charge in [-0.15, -0.1) is 0 Å². The van der Waals surface area contributed by atoms with E-state index in [4.69, 9.17) is 9.47 Å². The van der Waals surface area contributed by atoms with Crippen molar-refractivity contribution in [2.75, 3.05) is 19.7 Å². The van der Waals surface area contributed by atoms with Crippen molar-refractivity contribution in [1.29, 1.82) is 0 Å². The summed E-state index contributed by atoms with van der Waals surface area (Å²) in [6.45, 7) is 13.4. The van der Waals surface area contributed by atoms with Gasteiger partial charge in [0.05, 0.1) is 6.61 Å². The van der Waals surface area contributed by atoms with E-state index in [9.17, 15) is 0 Å². The summed E-state index contributed by atoms with van der Waals surface area (Å²) in [7, 11) is 0. The van der Waals surface area contributed by atoms with Crippen LogP contribution >= 0.6 is 0 Å². The molecule has 0 spiro atoms. The van der Waals surface area contributed by atoms with Crippen molar-refractivity contribution in [3.8, 4) is 11.5 Å². The number of rotatable bonds is 9. The second-order valence-corrected chi connectivity index (χ2v) is 5.86. The molecule has 0 aromatic heterocycles. The van der Waals surface area contributed by atoms with Gasteiger partial charge < -0.3 is 14.8 Å². The first-order chi connectivity index (χ1) is 9.52. The van der Waals surface area contributed by atoms with Gasteiger partial charge in [-0.2, -0.15) is 0 Å². The van der Waals surface area contributed by atoms with Gasteiger partial charge in [-0.05, 0) is 49.6 Å². The van der Waals surface area contributed by atoms with E-state index in [0.717, 1.165) is 24.6 Å². The van der Waals surface area contributed by atoms with E-state index in [1.807, 2.05) is 31.2 Å². The summed E-state index contributed by atoms with van der Waals surface area (Å²) in [4.78, 5) is 0. The van der Waals surface area contributed by atoms with Gasteiger partial charge >= 0.3 is 0 Å². The maximum atomic E-state index is 6.07. The van der Waals surface area contributed by atoms with Crippen LogP contribution in [-0.2, 0) is 0 Å². The van der Waals surface area contributed by atoms with Gasteiger partial charge in [-0.25, -0.2) is 0 Å². The number of benzene rings is 1. The second kappa shape index (κ2) is 8.85. The molecule has 0 radical (unpaired) electrons. The van der Waals surface area contributed by atoms with Gasteiger partial charge in [0.25, 0.3) is 0 Å². The molecule has 114 valence electrons. The van der Waals surface area contributed by atoms with Crippen molar-refractivity contribution in [2.45, 2.75) is 40.7 Å². The third-order valence-corrected chi connectivity index (χ3v) is 3.06. The summed E-state index contributed by atoms with van der Waals surface area (Å²) in [5, 5.41) is 3.47. The molecule has 0 heterocycles. The number of hydrogen-bond acceptors (Lipinski definition) is 3. The molecule has 1 aromatic carbocycles. The topological polar surface area (TPSA) is 30.5 Å². The molecule has 0 aliphatic rings. The molecule has 0 bridgehead atoms. The Hall–Kier alpha value is -1.22. The smallest absolute Gasteiger partial charge is 0.120 e. The maximum absolute atomic E-state index is 6.07. The van der Waals surface area contributed by atoms with E-state index in [1.54, 1.807) is 0 Å². The first-order valence-corrected chi connectivity index (χ1v) is 7.63. The lowest BCUT2D eigenvalue weighted by Crippen LogP contribution is -2.36. The van der Waals surface area contributed by atoms with E-state index in [-0.39, 0.29) is 6.10 Å². The van der Waals surface area contributed by atoms with Gasteiger partial charge in [-0.3, -0.25) is 0 Å². The van der Waals surface area contributed by atoms with Gasteiger partial charge in [-0.1, -0.05) is 27.7 Å². The quantitative estimate of drug-likeness (QED) is 0.747. The Kier molecular flexibility index (Phi) is 7.45. The van der Waals surface area contributed by atoms with Crippen molar-refractivity contribution in [3.63, 3.8) is 0 Å². The lowest BCUT2D eigenvalue weighted by Gasteiger charge is -2.23. The molecule has 1 rings (SSSR count). The summed E-state index contributed by atoms with van der Waals surface area (Å²) in [5.74, 6) is 2.92. The van der Waals surface area contributed by atoms with Crippen LogP contribution in [0, 0.1) is 11.8 Å². The van der Waals surface area contributed by atoms with E-state index < -0.39 is 0 Å². The lowest BCUT2D eigenvalue weighted by molar-refractivity contribution is 0.148. The molecule has 0 aliphatic carbocycles. The largest absolute Gasteiger partial charge is 0.494 e. The van der Waals surface area contributed by atoms with E-state index in [0.29, 0.717) is 18.4 Å². The minimum Gasteiger partial charge on any atom is -0.494 e. The molecule has 0 saturated carbocycles. The molecule has 0 aliphatic heterocycles. The van der Waals surface area contributed by atoms with Crippen LogP contribution in [0.25, 0.3) is 0 Å². The van der Waals surface area contributed by atoms with Crippen LogP contribution in [-0.4, -0.2) is 25.8 Å². The van der Waals surface area contributed by atoms with Crippen molar-refractivity contribution in [2.24, 2.45) is 11.8 Å². The number of hydrogen-bond donors (Lipinski definition) is 1. The molecular weight excluding hydrogens is 250 g/mol. The highest BCUT2D eigenvalue weighted by Gasteiger charge is 2.15. The average molecular weight is 279 g/mol. The Balaban J connectivity index is 2.51. The first-order valence-electron chi connectivity index (χ1n) is 7.63. The molecule has 3 heteroatoms. The van der Waals surface area contributed by atoms with Crippen molar-refractivity contribution in [1.82, 2.24) is 5.32 Å². The molecular formula is C17H29NO2. The van der Waals surface area contributed by atoms with Crippen LogP contribution in [0.2, 0.25) is 0 Å². The highest BCUT2D eigenvalue weighted by atomic mass is 16.5. The van der Waals surface area contributed by atoms with E-state index >= 15 is 0 Å². The fraction of sp³-hybridized carbons (Fsp3) is 0.647. The summed E-state index contributed by atoms with van der Waals surface area (Å²) in [6, 6.07) is 7.86. The summed E-state index contributed by atoms with van der Waals surface area (Å²) in [5.41, 5.74) is 0. The summed E-state index contributed by atoms with van der Waals surface area (Å²) < 4.78 is 11.5. The molecule has 0 saturated heterocycles. The zero-order valence-electron chi connectivity index (χ0n) is 13.5. The van der Waals surface area contributed by atoms with Gasteiger partial charge in [0.15, 0.2) is 0 Å². The minimum atomic E-state index is 0.187. The molecule has 1 aromatic rings. The summed E-state index contributed by atoms with van der Waals surface area (Å²) >= 11 is 0. The second-order valence-electron chi connectivity index (χ2n) is 5.86. The molecule has 20 heavy (non-hydrogen) atoms. The predicted octanol–water partition coefficient (Wildman–Crippen LogP) is 3.73. The van der Waals surface area contributed by atoms with Crippen LogP contribution in [0.5, 0.6) is 11.5 Å². The van der Waals surface area contributed by atoms with Crippen molar-refractivity contribution < 1.29 is 9.47 Å². The SMILES string of the molecule is CCOc1ccc(OC(CNCC(C)C)C(C)C)cc1. The highest BCUT2D eigenvalue weighted by molar-refractivity contribution is 5.31. The Morgan fingerprint density at radius 3 is 2.05 bits per heavy atom. The zero-order valence-corrected chi connectivity index (χ0v) is 13.5. The zero-order chi connectivity index (χ0) is 15.0. The molecule has 1 atom stereocenters. The Labute approximate surface area is 123 Å². The third kappa shape index (κ3) is 6.29. The Bertz CT molecular complexity index is 360. The van der Waals surface area contributed by atoms with Gasteiger partial charge in [0.2, 0.25) is 0 Å². The standard InChI is InChI=1S/C17H29NO2/c1-6-19-15-7-9-16(10-8-15)20-17(14(4)5)12-18-11-13(2)3/h7-10,13-14,17-18H,6,11-12H2,1-5H3. The van der Waals surface area contributed by atoms with Crippen molar-refractivity contribution in [3.05, 3.63) is 24.3 Å². The van der Waals surface area contributed by atoms with Crippen LogP contribution in [0.15, 0.2) is 24.3 Å². The lowest BCUT2D eigenvalue weighted by atomic mass is 10.1. The molecule has 3 nitrogen and oxygen atoms in total. The van der Waals surface area contributed by atoms with Gasteiger partial charge in [0.1, 0.15) is 17.6 Å². The van der Waals surface area contributed by atoms with E-state index in [2.05, 4.69) is 33.0 Å².